The first-order valence-corrected chi connectivity index (χ1v) is 10.5. The molecule has 2 N–H and O–H groups in total. The average molecular weight is 338 g/mol. The summed E-state index contributed by atoms with van der Waals surface area (Å²) in [4.78, 5) is 11.8. The number of primary amides is 1. The maximum atomic E-state index is 11.8. The van der Waals surface area contributed by atoms with Crippen LogP contribution in [0.25, 0.3) is 0 Å². The van der Waals surface area contributed by atoms with E-state index in [-0.39, 0.29) is 5.91 Å². The highest BCUT2D eigenvalue weighted by molar-refractivity contribution is 5.93. The van der Waals surface area contributed by atoms with Crippen molar-refractivity contribution >= 4 is 5.91 Å². The van der Waals surface area contributed by atoms with Gasteiger partial charge in [-0.2, -0.15) is 0 Å². The molecule has 2 heteroatoms. The second-order valence-corrected chi connectivity index (χ2v) is 9.51. The third kappa shape index (κ3) is 2.32. The van der Waals surface area contributed by atoms with Crippen molar-refractivity contribution in [1.82, 2.24) is 0 Å². The molecule has 2 nitrogen and oxygen atoms in total. The first-order valence-electron chi connectivity index (χ1n) is 10.5. The zero-order chi connectivity index (χ0) is 17.2. The highest BCUT2D eigenvalue weighted by Gasteiger charge is 2.55. The number of hydrogen-bond donors (Lipinski definition) is 1. The van der Waals surface area contributed by atoms with Crippen LogP contribution in [-0.2, 0) is 11.8 Å². The minimum Gasteiger partial charge on any atom is -0.366 e. The molecule has 1 aromatic carbocycles. The van der Waals surface area contributed by atoms with Crippen LogP contribution in [0.5, 0.6) is 0 Å². The summed E-state index contributed by atoms with van der Waals surface area (Å²) in [7, 11) is 0. The molecule has 2 unspecified atom stereocenters. The third-order valence-electron chi connectivity index (χ3n) is 8.52. The fourth-order valence-corrected chi connectivity index (χ4v) is 7.15. The molecule has 134 valence electrons. The van der Waals surface area contributed by atoms with Gasteiger partial charge in [-0.15, -0.1) is 0 Å². The Hall–Kier alpha value is -1.31. The summed E-state index contributed by atoms with van der Waals surface area (Å²) in [6.07, 6.45) is 12.4. The van der Waals surface area contributed by atoms with Gasteiger partial charge in [-0.05, 0) is 103 Å². The Labute approximate surface area is 151 Å². The van der Waals surface area contributed by atoms with E-state index in [4.69, 9.17) is 5.73 Å². The van der Waals surface area contributed by atoms with Crippen molar-refractivity contribution in [2.45, 2.75) is 70.1 Å². The molecule has 0 aromatic heterocycles. The Kier molecular flexibility index (Phi) is 3.56. The smallest absolute Gasteiger partial charge is 0.248 e. The molecule has 4 aliphatic rings. The van der Waals surface area contributed by atoms with Crippen LogP contribution in [0.15, 0.2) is 18.2 Å². The van der Waals surface area contributed by atoms with E-state index >= 15 is 0 Å². The van der Waals surface area contributed by atoms with Crippen LogP contribution in [0.3, 0.4) is 0 Å². The van der Waals surface area contributed by atoms with E-state index in [0.717, 1.165) is 29.6 Å². The minimum atomic E-state index is -0.273. The fourth-order valence-electron chi connectivity index (χ4n) is 7.15. The van der Waals surface area contributed by atoms with Crippen LogP contribution in [0.4, 0.5) is 0 Å². The van der Waals surface area contributed by atoms with Crippen LogP contribution in [0, 0.1) is 29.6 Å². The molecule has 1 aromatic rings. The summed E-state index contributed by atoms with van der Waals surface area (Å²) in [5, 5.41) is 0. The van der Waals surface area contributed by atoms with Crippen molar-refractivity contribution in [3.05, 3.63) is 34.9 Å². The maximum Gasteiger partial charge on any atom is 0.248 e. The largest absolute Gasteiger partial charge is 0.366 e. The standard InChI is InChI=1S/C23H31NO/c1-14(15-5-6-15)18-9-11-23-10-3-2-4-20(23)19(18)12-16-7-8-17(22(24)25)13-21(16)23/h7-8,13-15,18-20H,2-6,9-12H2,1H3,(H2,24,25)/t14-,18?,19+,20?,23-/m1/s1. The molecule has 0 heterocycles. The van der Waals surface area contributed by atoms with Crippen molar-refractivity contribution in [1.29, 1.82) is 0 Å². The van der Waals surface area contributed by atoms with E-state index in [2.05, 4.69) is 19.1 Å². The number of rotatable bonds is 3. The van der Waals surface area contributed by atoms with Crippen molar-refractivity contribution in [3.63, 3.8) is 0 Å². The van der Waals surface area contributed by atoms with Gasteiger partial charge in [0.1, 0.15) is 0 Å². The first-order chi connectivity index (χ1) is 12.1. The van der Waals surface area contributed by atoms with Gasteiger partial charge in [0, 0.05) is 5.56 Å². The first kappa shape index (κ1) is 15.9. The number of carbonyl (C=O) groups is 1. The van der Waals surface area contributed by atoms with Crippen LogP contribution in [0.1, 0.15) is 79.8 Å². The lowest BCUT2D eigenvalue weighted by Gasteiger charge is -2.59. The fraction of sp³-hybridized carbons (Fsp3) is 0.696. The molecule has 5 rings (SSSR count). The molecule has 4 aliphatic carbocycles. The highest BCUT2D eigenvalue weighted by Crippen LogP contribution is 2.62. The monoisotopic (exact) mass is 337 g/mol. The second-order valence-electron chi connectivity index (χ2n) is 9.51. The molecular weight excluding hydrogens is 306 g/mol. The number of hydrogen-bond acceptors (Lipinski definition) is 1. The van der Waals surface area contributed by atoms with Crippen molar-refractivity contribution in [2.24, 2.45) is 35.3 Å². The number of fused-ring (bicyclic) bond motifs is 1. The molecule has 0 radical (unpaired) electrons. The van der Waals surface area contributed by atoms with Gasteiger partial charge in [-0.3, -0.25) is 4.79 Å². The van der Waals surface area contributed by atoms with Gasteiger partial charge in [0.05, 0.1) is 0 Å². The third-order valence-corrected chi connectivity index (χ3v) is 8.52. The van der Waals surface area contributed by atoms with Gasteiger partial charge in [0.15, 0.2) is 0 Å². The van der Waals surface area contributed by atoms with Crippen molar-refractivity contribution in [3.8, 4) is 0 Å². The van der Waals surface area contributed by atoms with E-state index in [9.17, 15) is 4.79 Å². The number of benzene rings is 1. The molecule has 3 saturated carbocycles. The molecular formula is C23H31NO. The van der Waals surface area contributed by atoms with Gasteiger partial charge < -0.3 is 5.73 Å². The van der Waals surface area contributed by atoms with Crippen LogP contribution in [-0.4, -0.2) is 5.91 Å². The van der Waals surface area contributed by atoms with Crippen molar-refractivity contribution in [2.75, 3.05) is 0 Å². The molecule has 1 amide bonds. The summed E-state index contributed by atoms with van der Waals surface area (Å²) in [5.41, 5.74) is 9.70. The van der Waals surface area contributed by atoms with Crippen LogP contribution >= 0.6 is 0 Å². The average Bonchev–Trinajstić information content (AvgIpc) is 3.46. The Balaban J connectivity index is 1.59. The summed E-state index contributed by atoms with van der Waals surface area (Å²) >= 11 is 0. The predicted octanol–water partition coefficient (Wildman–Crippen LogP) is 4.84. The molecule has 3 fully saturated rings. The summed E-state index contributed by atoms with van der Waals surface area (Å²) in [5.74, 6) is 4.29. The maximum absolute atomic E-state index is 11.8. The zero-order valence-corrected chi connectivity index (χ0v) is 15.5. The SMILES string of the molecule is C[C@H](C1CC1)C1CC[C@]23CCCCC2[C@H]1Cc1ccc(C(N)=O)cc13. The topological polar surface area (TPSA) is 43.1 Å². The van der Waals surface area contributed by atoms with Gasteiger partial charge >= 0.3 is 0 Å². The Bertz CT molecular complexity index is 706. The Morgan fingerprint density at radius 2 is 2.00 bits per heavy atom. The van der Waals surface area contributed by atoms with Gasteiger partial charge in [-0.1, -0.05) is 25.8 Å². The summed E-state index contributed by atoms with van der Waals surface area (Å²) in [6, 6.07) is 6.38. The number of nitrogens with two attached hydrogens (primary N) is 1. The van der Waals surface area contributed by atoms with Crippen LogP contribution < -0.4 is 5.73 Å². The van der Waals surface area contributed by atoms with Crippen molar-refractivity contribution < 1.29 is 4.79 Å². The van der Waals surface area contributed by atoms with Gasteiger partial charge in [0.25, 0.3) is 0 Å². The second kappa shape index (κ2) is 5.59. The Morgan fingerprint density at radius 3 is 2.76 bits per heavy atom. The quantitative estimate of drug-likeness (QED) is 0.842. The van der Waals surface area contributed by atoms with Gasteiger partial charge in [0.2, 0.25) is 5.91 Å². The number of amides is 1. The zero-order valence-electron chi connectivity index (χ0n) is 15.5. The predicted molar refractivity (Wildman–Crippen MR) is 100 cm³/mol. The Morgan fingerprint density at radius 1 is 1.16 bits per heavy atom. The molecule has 0 aliphatic heterocycles. The summed E-state index contributed by atoms with van der Waals surface area (Å²) in [6.45, 7) is 2.55. The number of carbonyl (C=O) groups excluding carboxylic acids is 1. The van der Waals surface area contributed by atoms with Crippen LogP contribution in [0.2, 0.25) is 0 Å². The molecule has 25 heavy (non-hydrogen) atoms. The lowest BCUT2D eigenvalue weighted by molar-refractivity contribution is -0.0119. The van der Waals surface area contributed by atoms with Gasteiger partial charge in [-0.25, -0.2) is 0 Å². The molecule has 0 saturated heterocycles. The van der Waals surface area contributed by atoms with E-state index in [1.165, 1.54) is 68.9 Å². The van der Waals surface area contributed by atoms with E-state index in [0.29, 0.717) is 11.0 Å². The van der Waals surface area contributed by atoms with E-state index in [1.54, 1.807) is 0 Å². The van der Waals surface area contributed by atoms with E-state index in [1.807, 2.05) is 6.07 Å². The lowest BCUT2D eigenvalue weighted by Crippen LogP contribution is -2.53. The normalized spacial score (nSPS) is 37.7. The highest BCUT2D eigenvalue weighted by atomic mass is 16.1. The molecule has 5 atom stereocenters. The molecule has 2 bridgehead atoms. The summed E-state index contributed by atoms with van der Waals surface area (Å²) < 4.78 is 0. The lowest BCUT2D eigenvalue weighted by atomic mass is 9.45. The molecule has 0 spiro atoms. The van der Waals surface area contributed by atoms with E-state index < -0.39 is 0 Å². The minimum absolute atomic E-state index is 0.273.